The SMILES string of the molecule is CC(Cc1ccc(Br)cc1)NCC(C)(C)N. The lowest BCUT2D eigenvalue weighted by Gasteiger charge is -2.22. The van der Waals surface area contributed by atoms with Crippen molar-refractivity contribution in [3.05, 3.63) is 34.3 Å². The van der Waals surface area contributed by atoms with E-state index in [0.29, 0.717) is 6.04 Å². The summed E-state index contributed by atoms with van der Waals surface area (Å²) in [5.41, 5.74) is 7.13. The molecular weight excluding hydrogens is 264 g/mol. The van der Waals surface area contributed by atoms with Gasteiger partial charge in [-0.2, -0.15) is 0 Å². The van der Waals surface area contributed by atoms with Gasteiger partial charge in [-0.3, -0.25) is 0 Å². The molecule has 1 unspecified atom stereocenters. The zero-order valence-corrected chi connectivity index (χ0v) is 11.8. The van der Waals surface area contributed by atoms with Crippen LogP contribution in [0.15, 0.2) is 28.7 Å². The van der Waals surface area contributed by atoms with Gasteiger partial charge in [-0.15, -0.1) is 0 Å². The Morgan fingerprint density at radius 3 is 2.38 bits per heavy atom. The average molecular weight is 285 g/mol. The third-order valence-electron chi connectivity index (χ3n) is 2.36. The summed E-state index contributed by atoms with van der Waals surface area (Å²) in [4.78, 5) is 0. The van der Waals surface area contributed by atoms with E-state index in [2.05, 4.69) is 52.4 Å². The second-order valence-corrected chi connectivity index (χ2v) is 6.02. The van der Waals surface area contributed by atoms with Crippen LogP contribution in [0.2, 0.25) is 0 Å². The number of rotatable bonds is 5. The molecule has 0 radical (unpaired) electrons. The Balaban J connectivity index is 2.39. The summed E-state index contributed by atoms with van der Waals surface area (Å²) in [7, 11) is 0. The Labute approximate surface area is 107 Å². The molecule has 1 aromatic rings. The normalized spacial score (nSPS) is 13.8. The zero-order chi connectivity index (χ0) is 12.2. The fraction of sp³-hybridized carbons (Fsp3) is 0.538. The molecule has 16 heavy (non-hydrogen) atoms. The van der Waals surface area contributed by atoms with E-state index in [1.807, 2.05) is 13.8 Å². The predicted molar refractivity (Wildman–Crippen MR) is 73.6 cm³/mol. The minimum absolute atomic E-state index is 0.145. The lowest BCUT2D eigenvalue weighted by Crippen LogP contribution is -2.46. The minimum atomic E-state index is -0.145. The molecule has 2 nitrogen and oxygen atoms in total. The standard InChI is InChI=1S/C13H21BrN2/c1-10(16-9-13(2,3)15)8-11-4-6-12(14)7-5-11/h4-7,10,16H,8-9,15H2,1-3H3. The molecule has 1 atom stereocenters. The quantitative estimate of drug-likeness (QED) is 0.873. The number of nitrogens with one attached hydrogen (secondary N) is 1. The Morgan fingerprint density at radius 1 is 1.31 bits per heavy atom. The minimum Gasteiger partial charge on any atom is -0.324 e. The van der Waals surface area contributed by atoms with Gasteiger partial charge in [0.15, 0.2) is 0 Å². The van der Waals surface area contributed by atoms with Crippen LogP contribution in [0.4, 0.5) is 0 Å². The van der Waals surface area contributed by atoms with Gasteiger partial charge in [-0.25, -0.2) is 0 Å². The Morgan fingerprint density at radius 2 is 1.88 bits per heavy atom. The smallest absolute Gasteiger partial charge is 0.0223 e. The lowest BCUT2D eigenvalue weighted by molar-refractivity contribution is 0.427. The van der Waals surface area contributed by atoms with Crippen LogP contribution in [0.5, 0.6) is 0 Å². The van der Waals surface area contributed by atoms with Gasteiger partial charge in [0.05, 0.1) is 0 Å². The molecule has 0 amide bonds. The topological polar surface area (TPSA) is 38.0 Å². The van der Waals surface area contributed by atoms with Crippen molar-refractivity contribution < 1.29 is 0 Å². The van der Waals surface area contributed by atoms with Gasteiger partial charge in [0.2, 0.25) is 0 Å². The molecule has 0 bridgehead atoms. The molecule has 1 aromatic carbocycles. The van der Waals surface area contributed by atoms with Crippen molar-refractivity contribution in [3.63, 3.8) is 0 Å². The molecule has 0 aliphatic rings. The highest BCUT2D eigenvalue weighted by atomic mass is 79.9. The first-order valence-corrected chi connectivity index (χ1v) is 6.43. The van der Waals surface area contributed by atoms with Crippen LogP contribution in [-0.4, -0.2) is 18.1 Å². The molecule has 3 N–H and O–H groups in total. The number of benzene rings is 1. The van der Waals surface area contributed by atoms with Crippen molar-refractivity contribution in [2.75, 3.05) is 6.54 Å². The van der Waals surface area contributed by atoms with Crippen LogP contribution in [0.25, 0.3) is 0 Å². The van der Waals surface area contributed by atoms with Gasteiger partial charge in [-0.1, -0.05) is 28.1 Å². The summed E-state index contributed by atoms with van der Waals surface area (Å²) < 4.78 is 1.12. The number of hydrogen-bond donors (Lipinski definition) is 2. The molecule has 0 fully saturated rings. The summed E-state index contributed by atoms with van der Waals surface area (Å²) in [6.45, 7) is 7.09. The maximum Gasteiger partial charge on any atom is 0.0223 e. The lowest BCUT2D eigenvalue weighted by atomic mass is 10.0. The summed E-state index contributed by atoms with van der Waals surface area (Å²) in [5.74, 6) is 0. The fourth-order valence-electron chi connectivity index (χ4n) is 1.48. The second-order valence-electron chi connectivity index (χ2n) is 5.10. The van der Waals surface area contributed by atoms with Crippen molar-refractivity contribution in [1.29, 1.82) is 0 Å². The van der Waals surface area contributed by atoms with Gasteiger partial charge in [0, 0.05) is 22.6 Å². The van der Waals surface area contributed by atoms with Crippen LogP contribution < -0.4 is 11.1 Å². The first-order valence-electron chi connectivity index (χ1n) is 5.63. The van der Waals surface area contributed by atoms with E-state index in [1.165, 1.54) is 5.56 Å². The Hall–Kier alpha value is -0.380. The van der Waals surface area contributed by atoms with Gasteiger partial charge in [0.1, 0.15) is 0 Å². The molecule has 0 saturated carbocycles. The zero-order valence-electron chi connectivity index (χ0n) is 10.3. The van der Waals surface area contributed by atoms with E-state index in [1.54, 1.807) is 0 Å². The van der Waals surface area contributed by atoms with Gasteiger partial charge in [-0.05, 0) is 44.9 Å². The second kappa shape index (κ2) is 5.80. The third-order valence-corrected chi connectivity index (χ3v) is 2.89. The van der Waals surface area contributed by atoms with Crippen molar-refractivity contribution in [2.45, 2.75) is 38.8 Å². The first-order chi connectivity index (χ1) is 7.37. The van der Waals surface area contributed by atoms with Crippen molar-refractivity contribution in [1.82, 2.24) is 5.32 Å². The monoisotopic (exact) mass is 284 g/mol. The van der Waals surface area contributed by atoms with Crippen molar-refractivity contribution in [2.24, 2.45) is 5.73 Å². The molecule has 0 saturated heterocycles. The predicted octanol–water partition coefficient (Wildman–Crippen LogP) is 2.71. The van der Waals surface area contributed by atoms with Crippen LogP contribution in [0.1, 0.15) is 26.3 Å². The van der Waals surface area contributed by atoms with E-state index in [0.717, 1.165) is 17.4 Å². The maximum absolute atomic E-state index is 5.93. The van der Waals surface area contributed by atoms with Gasteiger partial charge < -0.3 is 11.1 Å². The Kier molecular flexibility index (Phi) is 4.96. The molecule has 3 heteroatoms. The van der Waals surface area contributed by atoms with E-state index < -0.39 is 0 Å². The van der Waals surface area contributed by atoms with Gasteiger partial charge in [0.25, 0.3) is 0 Å². The highest BCUT2D eigenvalue weighted by molar-refractivity contribution is 9.10. The summed E-state index contributed by atoms with van der Waals surface area (Å²) in [6.07, 6.45) is 1.03. The molecule has 0 aliphatic carbocycles. The Bertz CT molecular complexity index is 314. The molecule has 90 valence electrons. The van der Waals surface area contributed by atoms with E-state index in [4.69, 9.17) is 5.73 Å². The highest BCUT2D eigenvalue weighted by Gasteiger charge is 2.12. The fourth-order valence-corrected chi connectivity index (χ4v) is 1.75. The van der Waals surface area contributed by atoms with Crippen LogP contribution in [0, 0.1) is 0 Å². The largest absolute Gasteiger partial charge is 0.324 e. The number of hydrogen-bond acceptors (Lipinski definition) is 2. The highest BCUT2D eigenvalue weighted by Crippen LogP contribution is 2.11. The van der Waals surface area contributed by atoms with Crippen LogP contribution in [0.3, 0.4) is 0 Å². The molecule has 0 aliphatic heterocycles. The van der Waals surface area contributed by atoms with Crippen LogP contribution in [-0.2, 0) is 6.42 Å². The van der Waals surface area contributed by atoms with E-state index >= 15 is 0 Å². The van der Waals surface area contributed by atoms with Crippen molar-refractivity contribution >= 4 is 15.9 Å². The molecule has 1 rings (SSSR count). The summed E-state index contributed by atoms with van der Waals surface area (Å²) in [5, 5.41) is 3.45. The van der Waals surface area contributed by atoms with Crippen LogP contribution >= 0.6 is 15.9 Å². The number of halogens is 1. The molecule has 0 spiro atoms. The molecule has 0 aromatic heterocycles. The van der Waals surface area contributed by atoms with E-state index in [-0.39, 0.29) is 5.54 Å². The van der Waals surface area contributed by atoms with E-state index in [9.17, 15) is 0 Å². The number of nitrogens with two attached hydrogens (primary N) is 1. The maximum atomic E-state index is 5.93. The average Bonchev–Trinajstić information content (AvgIpc) is 2.18. The third kappa shape index (κ3) is 5.64. The first kappa shape index (κ1) is 13.7. The summed E-state index contributed by atoms with van der Waals surface area (Å²) >= 11 is 3.44. The van der Waals surface area contributed by atoms with Gasteiger partial charge >= 0.3 is 0 Å². The molecule has 0 heterocycles. The summed E-state index contributed by atoms with van der Waals surface area (Å²) in [6, 6.07) is 8.90. The molecular formula is C13H21BrN2. The van der Waals surface area contributed by atoms with Crippen molar-refractivity contribution in [3.8, 4) is 0 Å².